The first kappa shape index (κ1) is 14.2. The first-order chi connectivity index (χ1) is 10.6. The van der Waals surface area contributed by atoms with E-state index in [-0.39, 0.29) is 0 Å². The molecule has 0 saturated heterocycles. The number of nitrogens with two attached hydrogens (primary N) is 1. The van der Waals surface area contributed by atoms with E-state index in [9.17, 15) is 0 Å². The predicted octanol–water partition coefficient (Wildman–Crippen LogP) is 3.56. The minimum Gasteiger partial charge on any atom is -0.489 e. The van der Waals surface area contributed by atoms with Gasteiger partial charge >= 0.3 is 0 Å². The lowest BCUT2D eigenvalue weighted by Crippen LogP contribution is -1.97. The first-order valence-corrected chi connectivity index (χ1v) is 7.21. The van der Waals surface area contributed by atoms with Gasteiger partial charge in [-0.05, 0) is 36.8 Å². The van der Waals surface area contributed by atoms with Crippen molar-refractivity contribution in [1.29, 1.82) is 0 Å². The fourth-order valence-electron chi connectivity index (χ4n) is 2.37. The molecule has 1 aromatic heterocycles. The van der Waals surface area contributed by atoms with Gasteiger partial charge < -0.3 is 10.5 Å². The van der Waals surface area contributed by atoms with Gasteiger partial charge in [0.05, 0.1) is 5.69 Å². The van der Waals surface area contributed by atoms with Crippen LogP contribution in [0.3, 0.4) is 0 Å². The maximum Gasteiger partial charge on any atom is 0.124 e. The van der Waals surface area contributed by atoms with Gasteiger partial charge in [0.2, 0.25) is 0 Å². The topological polar surface area (TPSA) is 53.1 Å². The summed E-state index contributed by atoms with van der Waals surface area (Å²) in [5, 5.41) is 4.45. The van der Waals surface area contributed by atoms with Crippen LogP contribution in [0, 0.1) is 6.92 Å². The number of nitrogen functional groups attached to an aromatic ring is 1. The summed E-state index contributed by atoms with van der Waals surface area (Å²) in [6, 6.07) is 18.1. The third kappa shape index (κ3) is 2.81. The van der Waals surface area contributed by atoms with Crippen LogP contribution in [0.2, 0.25) is 0 Å². The van der Waals surface area contributed by atoms with Crippen LogP contribution in [0.15, 0.2) is 54.6 Å². The van der Waals surface area contributed by atoms with Crippen molar-refractivity contribution in [2.45, 2.75) is 13.5 Å². The summed E-state index contributed by atoms with van der Waals surface area (Å²) in [7, 11) is 1.85. The Labute approximate surface area is 130 Å². The number of anilines is 1. The minimum absolute atomic E-state index is 0.565. The smallest absolute Gasteiger partial charge is 0.124 e. The van der Waals surface area contributed by atoms with Gasteiger partial charge in [0.1, 0.15) is 18.2 Å². The second-order valence-electron chi connectivity index (χ2n) is 5.28. The molecule has 0 unspecified atom stereocenters. The summed E-state index contributed by atoms with van der Waals surface area (Å²) < 4.78 is 7.49. The Morgan fingerprint density at radius 3 is 2.32 bits per heavy atom. The Hall–Kier alpha value is -2.75. The van der Waals surface area contributed by atoms with Crippen LogP contribution in [0.4, 0.5) is 5.82 Å². The van der Waals surface area contributed by atoms with Crippen LogP contribution in [-0.2, 0) is 13.7 Å². The van der Waals surface area contributed by atoms with Crippen LogP contribution >= 0.6 is 0 Å². The lowest BCUT2D eigenvalue weighted by molar-refractivity contribution is 0.306. The van der Waals surface area contributed by atoms with Crippen LogP contribution in [0.5, 0.6) is 5.75 Å². The van der Waals surface area contributed by atoms with E-state index < -0.39 is 0 Å². The third-order valence-electron chi connectivity index (χ3n) is 3.71. The van der Waals surface area contributed by atoms with E-state index in [1.807, 2.05) is 68.6 Å². The number of ether oxygens (including phenoxy) is 1. The molecule has 0 bridgehead atoms. The van der Waals surface area contributed by atoms with Crippen LogP contribution in [0.25, 0.3) is 11.3 Å². The van der Waals surface area contributed by atoms with Gasteiger partial charge in [-0.1, -0.05) is 30.3 Å². The molecule has 0 aliphatic heterocycles. The van der Waals surface area contributed by atoms with Gasteiger partial charge in [-0.3, -0.25) is 4.68 Å². The second kappa shape index (κ2) is 5.93. The van der Waals surface area contributed by atoms with E-state index >= 15 is 0 Å². The lowest BCUT2D eigenvalue weighted by atomic mass is 10.1. The zero-order valence-corrected chi connectivity index (χ0v) is 12.8. The average molecular weight is 293 g/mol. The number of rotatable bonds is 4. The van der Waals surface area contributed by atoms with E-state index in [0.29, 0.717) is 12.4 Å². The number of benzene rings is 2. The quantitative estimate of drug-likeness (QED) is 0.800. The van der Waals surface area contributed by atoms with E-state index in [2.05, 4.69) is 5.10 Å². The molecular formula is C18H19N3O. The highest BCUT2D eigenvalue weighted by atomic mass is 16.5. The summed E-state index contributed by atoms with van der Waals surface area (Å²) >= 11 is 0. The number of aromatic nitrogens is 2. The SMILES string of the molecule is Cc1c(-c2ccc(OCc3ccccc3)cc2)nn(C)c1N. The Morgan fingerprint density at radius 1 is 1.05 bits per heavy atom. The maximum absolute atomic E-state index is 5.96. The summed E-state index contributed by atoms with van der Waals surface area (Å²) in [4.78, 5) is 0. The van der Waals surface area contributed by atoms with Gasteiger partial charge in [0.15, 0.2) is 0 Å². The van der Waals surface area contributed by atoms with Crippen molar-refractivity contribution in [2.75, 3.05) is 5.73 Å². The molecule has 4 heteroatoms. The van der Waals surface area contributed by atoms with Crippen LogP contribution in [0.1, 0.15) is 11.1 Å². The van der Waals surface area contributed by atoms with Crippen molar-refractivity contribution in [3.8, 4) is 17.0 Å². The van der Waals surface area contributed by atoms with Crippen molar-refractivity contribution >= 4 is 5.82 Å². The Morgan fingerprint density at radius 2 is 1.73 bits per heavy atom. The van der Waals surface area contributed by atoms with Crippen LogP contribution < -0.4 is 10.5 Å². The lowest BCUT2D eigenvalue weighted by Gasteiger charge is -2.07. The molecule has 0 aliphatic rings. The number of hydrogen-bond donors (Lipinski definition) is 1. The minimum atomic E-state index is 0.565. The Bertz CT molecular complexity index is 761. The zero-order valence-electron chi connectivity index (χ0n) is 12.8. The molecule has 3 aromatic rings. The highest BCUT2D eigenvalue weighted by Crippen LogP contribution is 2.27. The summed E-state index contributed by atoms with van der Waals surface area (Å²) in [6.45, 7) is 2.55. The maximum atomic E-state index is 5.96. The van der Waals surface area contributed by atoms with Crippen molar-refractivity contribution in [3.63, 3.8) is 0 Å². The van der Waals surface area contributed by atoms with Gasteiger partial charge in [-0.2, -0.15) is 5.10 Å². The van der Waals surface area contributed by atoms with E-state index in [4.69, 9.17) is 10.5 Å². The largest absolute Gasteiger partial charge is 0.489 e. The fraction of sp³-hybridized carbons (Fsp3) is 0.167. The van der Waals surface area contributed by atoms with E-state index in [1.54, 1.807) is 4.68 Å². The molecule has 0 aliphatic carbocycles. The van der Waals surface area contributed by atoms with Crippen molar-refractivity contribution in [2.24, 2.45) is 7.05 Å². The molecule has 2 aromatic carbocycles. The molecule has 0 amide bonds. The molecule has 0 spiro atoms. The predicted molar refractivity (Wildman–Crippen MR) is 88.6 cm³/mol. The number of nitrogens with zero attached hydrogens (tertiary/aromatic N) is 2. The summed E-state index contributed by atoms with van der Waals surface area (Å²) in [5.74, 6) is 1.54. The van der Waals surface area contributed by atoms with Crippen molar-refractivity contribution in [3.05, 3.63) is 65.7 Å². The molecule has 4 nitrogen and oxygen atoms in total. The standard InChI is InChI=1S/C18H19N3O/c1-13-17(20-21(2)18(13)19)15-8-10-16(11-9-15)22-12-14-6-4-3-5-7-14/h3-11H,12,19H2,1-2H3. The normalized spacial score (nSPS) is 10.6. The highest BCUT2D eigenvalue weighted by molar-refractivity contribution is 5.68. The monoisotopic (exact) mass is 293 g/mol. The van der Waals surface area contributed by atoms with Gasteiger partial charge in [-0.15, -0.1) is 0 Å². The average Bonchev–Trinajstić information content (AvgIpc) is 2.82. The highest BCUT2D eigenvalue weighted by Gasteiger charge is 2.11. The Kier molecular flexibility index (Phi) is 3.83. The molecule has 0 fully saturated rings. The molecule has 3 rings (SSSR count). The first-order valence-electron chi connectivity index (χ1n) is 7.21. The van der Waals surface area contributed by atoms with Crippen LogP contribution in [-0.4, -0.2) is 9.78 Å². The second-order valence-corrected chi connectivity index (χ2v) is 5.28. The van der Waals surface area contributed by atoms with Gasteiger partial charge in [-0.25, -0.2) is 0 Å². The number of aryl methyl sites for hydroxylation is 1. The molecule has 2 N–H and O–H groups in total. The van der Waals surface area contributed by atoms with Gasteiger partial charge in [0, 0.05) is 18.2 Å². The van der Waals surface area contributed by atoms with E-state index in [1.165, 1.54) is 0 Å². The fourth-order valence-corrected chi connectivity index (χ4v) is 2.37. The van der Waals surface area contributed by atoms with Crippen molar-refractivity contribution < 1.29 is 4.74 Å². The van der Waals surface area contributed by atoms with Crippen molar-refractivity contribution in [1.82, 2.24) is 9.78 Å². The molecule has 0 atom stereocenters. The molecule has 0 radical (unpaired) electrons. The Balaban J connectivity index is 1.74. The molecule has 0 saturated carbocycles. The summed E-state index contributed by atoms with van der Waals surface area (Å²) in [6.07, 6.45) is 0. The third-order valence-corrected chi connectivity index (χ3v) is 3.71. The molecular weight excluding hydrogens is 274 g/mol. The molecule has 22 heavy (non-hydrogen) atoms. The summed E-state index contributed by atoms with van der Waals surface area (Å²) in [5.41, 5.74) is 10.1. The number of hydrogen-bond acceptors (Lipinski definition) is 3. The van der Waals surface area contributed by atoms with E-state index in [0.717, 1.165) is 28.1 Å². The van der Waals surface area contributed by atoms with Gasteiger partial charge in [0.25, 0.3) is 0 Å². The zero-order chi connectivity index (χ0) is 15.5. The molecule has 112 valence electrons. The molecule has 1 heterocycles.